The van der Waals surface area contributed by atoms with Gasteiger partial charge in [0, 0.05) is 27.9 Å². The van der Waals surface area contributed by atoms with Crippen molar-refractivity contribution < 1.29 is 9.53 Å². The molecule has 3 rings (SSSR count). The van der Waals surface area contributed by atoms with E-state index < -0.39 is 0 Å². The summed E-state index contributed by atoms with van der Waals surface area (Å²) in [6.45, 7) is 2.57. The third-order valence-corrected chi connectivity index (χ3v) is 7.36. The van der Waals surface area contributed by atoms with E-state index in [1.54, 1.807) is 24.5 Å². The molecule has 30 heavy (non-hydrogen) atoms. The van der Waals surface area contributed by atoms with Gasteiger partial charge in [-0.3, -0.25) is 4.79 Å². The van der Waals surface area contributed by atoms with Crippen molar-refractivity contribution in [2.24, 2.45) is 0 Å². The van der Waals surface area contributed by atoms with Crippen LogP contribution in [0, 0.1) is 6.92 Å². The summed E-state index contributed by atoms with van der Waals surface area (Å²) in [6, 6.07) is 13.3. The van der Waals surface area contributed by atoms with E-state index in [9.17, 15) is 4.79 Å². The Kier molecular flexibility index (Phi) is 8.45. The molecule has 3 aromatic rings. The van der Waals surface area contributed by atoms with Crippen LogP contribution in [0.4, 0.5) is 0 Å². The van der Waals surface area contributed by atoms with Gasteiger partial charge in [-0.1, -0.05) is 47.1 Å². The number of nitrogens with zero attached hydrogens (tertiary/aromatic N) is 1. The molecule has 0 atom stereocenters. The summed E-state index contributed by atoms with van der Waals surface area (Å²) in [4.78, 5) is 17.9. The van der Waals surface area contributed by atoms with E-state index in [4.69, 9.17) is 27.9 Å². The molecular formula is C22H22Cl2N2O2S2. The first-order valence-electron chi connectivity index (χ1n) is 9.37. The summed E-state index contributed by atoms with van der Waals surface area (Å²) in [5.41, 5.74) is 3.09. The van der Waals surface area contributed by atoms with Gasteiger partial charge >= 0.3 is 0 Å². The van der Waals surface area contributed by atoms with Crippen LogP contribution in [-0.2, 0) is 17.6 Å². The van der Waals surface area contributed by atoms with Crippen molar-refractivity contribution in [3.8, 4) is 5.75 Å². The predicted molar refractivity (Wildman–Crippen MR) is 127 cm³/mol. The van der Waals surface area contributed by atoms with E-state index in [0.717, 1.165) is 38.2 Å². The van der Waals surface area contributed by atoms with Gasteiger partial charge in [0.25, 0.3) is 0 Å². The van der Waals surface area contributed by atoms with Crippen LogP contribution >= 0.6 is 46.3 Å². The van der Waals surface area contributed by atoms with Crippen LogP contribution in [0.2, 0.25) is 10.0 Å². The zero-order chi connectivity index (χ0) is 21.5. The number of rotatable bonds is 9. The first kappa shape index (κ1) is 22.9. The lowest BCUT2D eigenvalue weighted by atomic mass is 10.1. The molecule has 0 bridgehead atoms. The summed E-state index contributed by atoms with van der Waals surface area (Å²) in [6.07, 6.45) is 1.46. The van der Waals surface area contributed by atoms with Gasteiger partial charge < -0.3 is 10.1 Å². The fraction of sp³-hybridized carbons (Fsp3) is 0.273. The number of carbonyl (C=O) groups is 1. The molecule has 0 unspecified atom stereocenters. The summed E-state index contributed by atoms with van der Waals surface area (Å²) < 4.78 is 6.03. The third-order valence-electron chi connectivity index (χ3n) is 4.45. The number of ether oxygens (including phenoxy) is 1. The molecule has 1 heterocycles. The molecule has 8 heteroatoms. The summed E-state index contributed by atoms with van der Waals surface area (Å²) >= 11 is 15.4. The van der Waals surface area contributed by atoms with Crippen LogP contribution in [0.25, 0.3) is 0 Å². The number of thiazole rings is 1. The van der Waals surface area contributed by atoms with Crippen LogP contribution in [0.15, 0.2) is 46.8 Å². The van der Waals surface area contributed by atoms with Gasteiger partial charge in [-0.25, -0.2) is 4.98 Å². The number of hydrogen-bond donors (Lipinski definition) is 1. The van der Waals surface area contributed by atoms with E-state index in [1.807, 2.05) is 43.3 Å². The zero-order valence-corrected chi connectivity index (χ0v) is 19.9. The lowest BCUT2D eigenvalue weighted by Crippen LogP contribution is -2.27. The van der Waals surface area contributed by atoms with Crippen molar-refractivity contribution in [3.05, 3.63) is 74.2 Å². The van der Waals surface area contributed by atoms with E-state index in [0.29, 0.717) is 28.8 Å². The molecule has 0 aliphatic rings. The Morgan fingerprint density at radius 2 is 1.97 bits per heavy atom. The maximum absolute atomic E-state index is 12.2. The monoisotopic (exact) mass is 480 g/mol. The Morgan fingerprint density at radius 3 is 2.70 bits per heavy atom. The Morgan fingerprint density at radius 1 is 1.20 bits per heavy atom. The second kappa shape index (κ2) is 11.0. The smallest absolute Gasteiger partial charge is 0.230 e. The number of nitrogens with one attached hydrogen (secondary N) is 1. The number of hydrogen-bond acceptors (Lipinski definition) is 5. The lowest BCUT2D eigenvalue weighted by Gasteiger charge is -2.05. The number of methoxy groups -OCH3 is 1. The molecule has 158 valence electrons. The van der Waals surface area contributed by atoms with Crippen LogP contribution in [0.5, 0.6) is 5.75 Å². The maximum atomic E-state index is 12.2. The van der Waals surface area contributed by atoms with E-state index in [2.05, 4.69) is 10.3 Å². The fourth-order valence-corrected chi connectivity index (χ4v) is 5.26. The minimum atomic E-state index is 0.000741. The number of halogens is 2. The number of benzene rings is 2. The highest BCUT2D eigenvalue weighted by Gasteiger charge is 2.12. The summed E-state index contributed by atoms with van der Waals surface area (Å²) in [7, 11) is 1.65. The molecule has 0 fully saturated rings. The molecule has 1 aromatic heterocycles. The van der Waals surface area contributed by atoms with Gasteiger partial charge in [-0.05, 0) is 54.8 Å². The van der Waals surface area contributed by atoms with E-state index in [-0.39, 0.29) is 5.91 Å². The molecule has 2 aromatic carbocycles. The molecule has 0 radical (unpaired) electrons. The van der Waals surface area contributed by atoms with Gasteiger partial charge in [0.1, 0.15) is 5.75 Å². The minimum Gasteiger partial charge on any atom is -0.497 e. The van der Waals surface area contributed by atoms with Crippen LogP contribution in [-0.4, -0.2) is 30.3 Å². The minimum absolute atomic E-state index is 0.000741. The van der Waals surface area contributed by atoms with Gasteiger partial charge in [-0.15, -0.1) is 11.3 Å². The summed E-state index contributed by atoms with van der Waals surface area (Å²) in [5, 5.41) is 4.32. The van der Waals surface area contributed by atoms with Crippen molar-refractivity contribution in [2.45, 2.75) is 24.1 Å². The van der Waals surface area contributed by atoms with E-state index >= 15 is 0 Å². The second-order valence-corrected chi connectivity index (χ2v) is 9.79. The van der Waals surface area contributed by atoms with Crippen LogP contribution in [0.1, 0.15) is 21.7 Å². The predicted octanol–water partition coefficient (Wildman–Crippen LogP) is 5.81. The molecule has 1 amide bonds. The molecule has 0 spiro atoms. The first-order valence-corrected chi connectivity index (χ1v) is 11.9. The number of thioether (sulfide) groups is 1. The highest BCUT2D eigenvalue weighted by atomic mass is 35.5. The number of amides is 1. The van der Waals surface area contributed by atoms with Gasteiger partial charge in [0.05, 0.1) is 18.6 Å². The third kappa shape index (κ3) is 6.64. The lowest BCUT2D eigenvalue weighted by molar-refractivity contribution is -0.118. The first-order chi connectivity index (χ1) is 14.4. The van der Waals surface area contributed by atoms with Gasteiger partial charge in [0.15, 0.2) is 4.34 Å². The Hall–Kier alpha value is -1.73. The second-order valence-electron chi connectivity index (χ2n) is 6.64. The van der Waals surface area contributed by atoms with Crippen molar-refractivity contribution in [3.63, 3.8) is 0 Å². The SMILES string of the molecule is COc1ccc(CCNC(=O)CSc2nc(C)c(Cc3cc(Cl)ccc3Cl)s2)cc1. The average Bonchev–Trinajstić information content (AvgIpc) is 3.09. The molecular weight excluding hydrogens is 459 g/mol. The highest BCUT2D eigenvalue weighted by molar-refractivity contribution is 8.01. The van der Waals surface area contributed by atoms with Crippen molar-refractivity contribution in [2.75, 3.05) is 19.4 Å². The highest BCUT2D eigenvalue weighted by Crippen LogP contribution is 2.31. The molecule has 4 nitrogen and oxygen atoms in total. The van der Waals surface area contributed by atoms with Crippen molar-refractivity contribution in [1.29, 1.82) is 0 Å². The number of carbonyl (C=O) groups excluding carboxylic acids is 1. The quantitative estimate of drug-likeness (QED) is 0.392. The molecule has 0 saturated carbocycles. The van der Waals surface area contributed by atoms with Crippen molar-refractivity contribution in [1.82, 2.24) is 10.3 Å². The average molecular weight is 481 g/mol. The standard InChI is InChI=1S/C22H22Cl2N2O2S2/c1-14-20(12-16-11-17(23)5-8-19(16)24)30-22(26-14)29-13-21(27)25-10-9-15-3-6-18(28-2)7-4-15/h3-8,11H,9-10,12-13H2,1-2H3,(H,25,27). The van der Waals surface area contributed by atoms with Crippen LogP contribution in [0.3, 0.4) is 0 Å². The van der Waals surface area contributed by atoms with E-state index in [1.165, 1.54) is 11.8 Å². The maximum Gasteiger partial charge on any atom is 0.230 e. The van der Waals surface area contributed by atoms with Gasteiger partial charge in [0.2, 0.25) is 5.91 Å². The topological polar surface area (TPSA) is 51.2 Å². The largest absolute Gasteiger partial charge is 0.497 e. The van der Waals surface area contributed by atoms with Crippen molar-refractivity contribution >= 4 is 52.2 Å². The molecule has 1 N–H and O–H groups in total. The Labute approximate surface area is 195 Å². The fourth-order valence-electron chi connectivity index (χ4n) is 2.80. The Balaban J connectivity index is 1.46. The zero-order valence-electron chi connectivity index (χ0n) is 16.7. The van der Waals surface area contributed by atoms with Crippen LogP contribution < -0.4 is 10.1 Å². The normalized spacial score (nSPS) is 10.8. The Bertz CT molecular complexity index is 1010. The number of aryl methyl sites for hydroxylation is 1. The summed E-state index contributed by atoms with van der Waals surface area (Å²) in [5.74, 6) is 1.17. The molecule has 0 aliphatic heterocycles. The molecule has 0 aliphatic carbocycles. The van der Waals surface area contributed by atoms with Gasteiger partial charge in [-0.2, -0.15) is 0 Å². The number of aromatic nitrogens is 1. The molecule has 0 saturated heterocycles.